The van der Waals surface area contributed by atoms with E-state index in [0.29, 0.717) is 12.3 Å². The molecule has 0 bridgehead atoms. The maximum absolute atomic E-state index is 8.95. The molecule has 1 aromatic carbocycles. The van der Waals surface area contributed by atoms with Gasteiger partial charge in [0.1, 0.15) is 0 Å². The summed E-state index contributed by atoms with van der Waals surface area (Å²) in [7, 11) is 4.00. The van der Waals surface area contributed by atoms with Gasteiger partial charge < -0.3 is 4.90 Å². The van der Waals surface area contributed by atoms with Crippen LogP contribution < -0.4 is 4.90 Å². The van der Waals surface area contributed by atoms with Crippen molar-refractivity contribution in [2.24, 2.45) is 7.05 Å². The first-order valence-corrected chi connectivity index (χ1v) is 6.40. The lowest BCUT2D eigenvalue weighted by Crippen LogP contribution is -2.14. The molecule has 0 saturated heterocycles. The van der Waals surface area contributed by atoms with Gasteiger partial charge in [-0.25, -0.2) is 0 Å². The highest BCUT2D eigenvalue weighted by Gasteiger charge is 2.26. The van der Waals surface area contributed by atoms with E-state index in [1.54, 1.807) is 4.68 Å². The zero-order valence-corrected chi connectivity index (χ0v) is 11.2. The average Bonchev–Trinajstić information content (AvgIpc) is 2.95. The summed E-state index contributed by atoms with van der Waals surface area (Å²) in [5.74, 6) is 0.321. The Morgan fingerprint density at radius 3 is 2.89 bits per heavy atom. The number of benzene rings is 1. The fraction of sp³-hybridized carbons (Fsp3) is 0.333. The Labute approximate surface area is 112 Å². The number of nitriles is 1. The molecule has 0 fully saturated rings. The molecule has 2 heterocycles. The van der Waals surface area contributed by atoms with Crippen molar-refractivity contribution in [2.75, 3.05) is 18.5 Å². The number of hydrogen-bond donors (Lipinski definition) is 0. The molecule has 1 aliphatic rings. The Kier molecular flexibility index (Phi) is 2.75. The molecule has 1 aliphatic heterocycles. The molecule has 0 spiro atoms. The SMILES string of the molecule is CN1CC(CC#N)c2cc(-c3cnn(C)c3)ccc21. The van der Waals surface area contributed by atoms with Crippen molar-refractivity contribution in [3.8, 4) is 17.2 Å². The van der Waals surface area contributed by atoms with Gasteiger partial charge in [0.05, 0.1) is 12.3 Å². The van der Waals surface area contributed by atoms with E-state index in [2.05, 4.69) is 41.3 Å². The van der Waals surface area contributed by atoms with E-state index in [1.807, 2.05) is 19.4 Å². The fourth-order valence-electron chi connectivity index (χ4n) is 2.79. The number of aromatic nitrogens is 2. The molecule has 19 heavy (non-hydrogen) atoms. The van der Waals surface area contributed by atoms with Crippen LogP contribution >= 0.6 is 0 Å². The number of anilines is 1. The van der Waals surface area contributed by atoms with E-state index in [4.69, 9.17) is 5.26 Å². The summed E-state index contributed by atoms with van der Waals surface area (Å²) in [6, 6.07) is 8.77. The minimum atomic E-state index is 0.321. The van der Waals surface area contributed by atoms with Gasteiger partial charge in [0, 0.05) is 50.4 Å². The minimum Gasteiger partial charge on any atom is -0.374 e. The van der Waals surface area contributed by atoms with Crippen molar-refractivity contribution in [3.63, 3.8) is 0 Å². The van der Waals surface area contributed by atoms with E-state index in [9.17, 15) is 0 Å². The van der Waals surface area contributed by atoms with Crippen molar-refractivity contribution in [1.29, 1.82) is 5.26 Å². The standard InChI is InChI=1S/C15H16N4/c1-18-9-12(5-6-16)14-7-11(3-4-15(14)18)13-8-17-19(2)10-13/h3-4,7-8,10,12H,5,9H2,1-2H3. The van der Waals surface area contributed by atoms with Crippen LogP contribution in [0.3, 0.4) is 0 Å². The molecule has 1 atom stereocenters. The first-order chi connectivity index (χ1) is 9.19. The molecular formula is C15H16N4. The summed E-state index contributed by atoms with van der Waals surface area (Å²) in [4.78, 5) is 2.23. The molecule has 96 valence electrons. The van der Waals surface area contributed by atoms with Crippen LogP contribution in [-0.4, -0.2) is 23.4 Å². The second-order valence-electron chi connectivity index (χ2n) is 5.12. The second kappa shape index (κ2) is 4.43. The van der Waals surface area contributed by atoms with Crippen molar-refractivity contribution < 1.29 is 0 Å². The lowest BCUT2D eigenvalue weighted by Gasteiger charge is -2.11. The predicted octanol–water partition coefficient (Wildman–Crippen LogP) is 2.53. The van der Waals surface area contributed by atoms with Gasteiger partial charge in [0.2, 0.25) is 0 Å². The molecular weight excluding hydrogens is 236 g/mol. The van der Waals surface area contributed by atoms with Gasteiger partial charge in [-0.15, -0.1) is 0 Å². The van der Waals surface area contributed by atoms with Crippen LogP contribution in [-0.2, 0) is 7.05 Å². The van der Waals surface area contributed by atoms with Crippen LogP contribution in [0.2, 0.25) is 0 Å². The van der Waals surface area contributed by atoms with E-state index < -0.39 is 0 Å². The van der Waals surface area contributed by atoms with Gasteiger partial charge in [-0.05, 0) is 23.3 Å². The van der Waals surface area contributed by atoms with Crippen molar-refractivity contribution in [2.45, 2.75) is 12.3 Å². The zero-order chi connectivity index (χ0) is 13.4. The van der Waals surface area contributed by atoms with Crippen LogP contribution in [0.4, 0.5) is 5.69 Å². The largest absolute Gasteiger partial charge is 0.374 e. The number of hydrogen-bond acceptors (Lipinski definition) is 3. The third-order valence-corrected chi connectivity index (χ3v) is 3.75. The maximum Gasteiger partial charge on any atom is 0.0628 e. The molecule has 3 rings (SSSR count). The number of rotatable bonds is 2. The molecule has 4 heteroatoms. The normalized spacial score (nSPS) is 17.3. The quantitative estimate of drug-likeness (QED) is 0.825. The lowest BCUT2D eigenvalue weighted by molar-refractivity contribution is 0.740. The minimum absolute atomic E-state index is 0.321. The summed E-state index contributed by atoms with van der Waals surface area (Å²) in [6.45, 7) is 0.930. The fourth-order valence-corrected chi connectivity index (χ4v) is 2.79. The summed E-state index contributed by atoms with van der Waals surface area (Å²) >= 11 is 0. The number of likely N-dealkylation sites (N-methyl/N-ethyl adjacent to an activating group) is 1. The molecule has 0 radical (unpaired) electrons. The van der Waals surface area contributed by atoms with E-state index in [0.717, 1.165) is 12.1 Å². The molecule has 0 amide bonds. The van der Waals surface area contributed by atoms with Crippen LogP contribution in [0.5, 0.6) is 0 Å². The van der Waals surface area contributed by atoms with E-state index in [1.165, 1.54) is 16.8 Å². The number of nitrogens with zero attached hydrogens (tertiary/aromatic N) is 4. The molecule has 0 saturated carbocycles. The highest BCUT2D eigenvalue weighted by atomic mass is 15.2. The Bertz CT molecular complexity index is 650. The van der Waals surface area contributed by atoms with Gasteiger partial charge in [-0.3, -0.25) is 4.68 Å². The molecule has 0 N–H and O–H groups in total. The van der Waals surface area contributed by atoms with Crippen molar-refractivity contribution >= 4 is 5.69 Å². The number of aryl methyl sites for hydroxylation is 1. The Morgan fingerprint density at radius 2 is 2.21 bits per heavy atom. The summed E-state index contributed by atoms with van der Waals surface area (Å²) < 4.78 is 1.81. The predicted molar refractivity (Wildman–Crippen MR) is 74.9 cm³/mol. The third-order valence-electron chi connectivity index (χ3n) is 3.75. The Morgan fingerprint density at radius 1 is 1.37 bits per heavy atom. The molecule has 1 unspecified atom stereocenters. The van der Waals surface area contributed by atoms with Gasteiger partial charge in [-0.1, -0.05) is 6.07 Å². The van der Waals surface area contributed by atoms with Crippen LogP contribution in [0.15, 0.2) is 30.6 Å². The topological polar surface area (TPSA) is 44.9 Å². The molecule has 1 aromatic heterocycles. The monoisotopic (exact) mass is 252 g/mol. The van der Waals surface area contributed by atoms with Gasteiger partial charge in [-0.2, -0.15) is 10.4 Å². The first-order valence-electron chi connectivity index (χ1n) is 6.40. The van der Waals surface area contributed by atoms with Gasteiger partial charge in [0.15, 0.2) is 0 Å². The Hall–Kier alpha value is -2.28. The molecule has 4 nitrogen and oxygen atoms in total. The van der Waals surface area contributed by atoms with Crippen LogP contribution in [0.25, 0.3) is 11.1 Å². The van der Waals surface area contributed by atoms with E-state index in [-0.39, 0.29) is 0 Å². The van der Waals surface area contributed by atoms with Crippen molar-refractivity contribution in [1.82, 2.24) is 9.78 Å². The van der Waals surface area contributed by atoms with Crippen LogP contribution in [0, 0.1) is 11.3 Å². The van der Waals surface area contributed by atoms with Gasteiger partial charge in [0.25, 0.3) is 0 Å². The summed E-state index contributed by atoms with van der Waals surface area (Å²) in [5.41, 5.74) is 4.82. The lowest BCUT2D eigenvalue weighted by atomic mass is 9.95. The summed E-state index contributed by atoms with van der Waals surface area (Å²) in [5, 5.41) is 13.2. The number of fused-ring (bicyclic) bond motifs is 1. The first kappa shape index (κ1) is 11.8. The third kappa shape index (κ3) is 1.97. The zero-order valence-electron chi connectivity index (χ0n) is 11.2. The smallest absolute Gasteiger partial charge is 0.0628 e. The average molecular weight is 252 g/mol. The Balaban J connectivity index is 2.03. The van der Waals surface area contributed by atoms with Crippen molar-refractivity contribution in [3.05, 3.63) is 36.2 Å². The van der Waals surface area contributed by atoms with Crippen LogP contribution in [0.1, 0.15) is 17.9 Å². The molecule has 0 aliphatic carbocycles. The highest BCUT2D eigenvalue weighted by Crippen LogP contribution is 2.39. The summed E-state index contributed by atoms with van der Waals surface area (Å²) in [6.07, 6.45) is 4.47. The van der Waals surface area contributed by atoms with E-state index >= 15 is 0 Å². The highest BCUT2D eigenvalue weighted by molar-refractivity contribution is 5.70. The molecule has 2 aromatic rings. The van der Waals surface area contributed by atoms with Gasteiger partial charge >= 0.3 is 0 Å². The maximum atomic E-state index is 8.95. The second-order valence-corrected chi connectivity index (χ2v) is 5.12.